The third-order valence-electron chi connectivity index (χ3n) is 3.29. The first-order valence-corrected chi connectivity index (χ1v) is 5.94. The molecule has 0 radical (unpaired) electrons. The normalized spacial score (nSPS) is 11.1. The zero-order valence-corrected chi connectivity index (χ0v) is 10.7. The van der Waals surface area contributed by atoms with Crippen LogP contribution in [0.4, 0.5) is 0 Å². The van der Waals surface area contributed by atoms with Gasteiger partial charge in [0.1, 0.15) is 0 Å². The van der Waals surface area contributed by atoms with Crippen molar-refractivity contribution in [3.63, 3.8) is 0 Å². The molecule has 0 amide bonds. The van der Waals surface area contributed by atoms with E-state index in [0.29, 0.717) is 11.1 Å². The van der Waals surface area contributed by atoms with E-state index in [1.54, 1.807) is 12.1 Å². The molecular weight excluding hydrogens is 242 g/mol. The molecule has 1 aliphatic heterocycles. The summed E-state index contributed by atoms with van der Waals surface area (Å²) < 4.78 is 4.76. The van der Waals surface area contributed by atoms with Crippen molar-refractivity contribution in [2.45, 2.75) is 6.92 Å². The fraction of sp³-hybridized carbons (Fsp3) is 0.133. The van der Waals surface area contributed by atoms with E-state index >= 15 is 0 Å². The van der Waals surface area contributed by atoms with Gasteiger partial charge in [0.25, 0.3) is 0 Å². The first-order chi connectivity index (χ1) is 9.11. The summed E-state index contributed by atoms with van der Waals surface area (Å²) in [5, 5.41) is 10.9. The number of ether oxygens (including phenoxy) is 1. The maximum atomic E-state index is 11.8. The zero-order chi connectivity index (χ0) is 13.6. The van der Waals surface area contributed by atoms with Gasteiger partial charge in [-0.15, -0.1) is 0 Å². The van der Waals surface area contributed by atoms with Gasteiger partial charge >= 0.3 is 5.97 Å². The molecule has 0 fully saturated rings. The van der Waals surface area contributed by atoms with Crippen LogP contribution in [0.5, 0.6) is 5.88 Å². The van der Waals surface area contributed by atoms with Crippen LogP contribution in [-0.4, -0.2) is 23.2 Å². The quantitative estimate of drug-likeness (QED) is 0.657. The Hall–Kier alpha value is -2.49. The monoisotopic (exact) mass is 255 g/mol. The van der Waals surface area contributed by atoms with Crippen molar-refractivity contribution in [2.24, 2.45) is 0 Å². The van der Waals surface area contributed by atoms with E-state index in [1.807, 2.05) is 25.1 Å². The number of aromatic amines is 1. The lowest BCUT2D eigenvalue weighted by Crippen LogP contribution is -2.03. The Morgan fingerprint density at radius 1 is 1.26 bits per heavy atom. The minimum absolute atomic E-state index is 0.0620. The summed E-state index contributed by atoms with van der Waals surface area (Å²) in [7, 11) is 1.34. The number of pyridine rings is 1. The van der Waals surface area contributed by atoms with E-state index in [4.69, 9.17) is 4.74 Å². The highest BCUT2D eigenvalue weighted by atomic mass is 16.5. The summed E-state index contributed by atoms with van der Waals surface area (Å²) in [6, 6.07) is 9.30. The molecule has 19 heavy (non-hydrogen) atoms. The van der Waals surface area contributed by atoms with Crippen molar-refractivity contribution in [1.82, 2.24) is 4.98 Å². The number of hydrogen-bond acceptors (Lipinski definition) is 3. The van der Waals surface area contributed by atoms with Crippen LogP contribution >= 0.6 is 0 Å². The van der Waals surface area contributed by atoms with Gasteiger partial charge in [-0.1, -0.05) is 18.2 Å². The number of nitrogens with one attached hydrogen (secondary N) is 1. The van der Waals surface area contributed by atoms with Gasteiger partial charge in [0.05, 0.1) is 18.2 Å². The number of esters is 1. The summed E-state index contributed by atoms with van der Waals surface area (Å²) in [4.78, 5) is 14.6. The Labute approximate surface area is 110 Å². The molecule has 0 atom stereocenters. The first kappa shape index (κ1) is 11.6. The zero-order valence-electron chi connectivity index (χ0n) is 10.7. The third kappa shape index (κ3) is 1.64. The maximum Gasteiger partial charge on any atom is 0.339 e. The van der Waals surface area contributed by atoms with Crippen LogP contribution in [0.3, 0.4) is 0 Å². The number of benzene rings is 1. The summed E-state index contributed by atoms with van der Waals surface area (Å²) in [6.45, 7) is 1.97. The summed E-state index contributed by atoms with van der Waals surface area (Å²) in [6.07, 6.45) is 0. The van der Waals surface area contributed by atoms with Gasteiger partial charge in [-0.2, -0.15) is 0 Å². The minimum Gasteiger partial charge on any atom is -0.494 e. The average Bonchev–Trinajstić information content (AvgIpc) is 2.80. The summed E-state index contributed by atoms with van der Waals surface area (Å²) in [5.41, 5.74) is 3.75. The molecule has 2 aliphatic rings. The Balaban J connectivity index is 2.45. The molecule has 1 heterocycles. The fourth-order valence-corrected chi connectivity index (χ4v) is 2.45. The molecule has 0 saturated carbocycles. The first-order valence-electron chi connectivity index (χ1n) is 5.94. The molecule has 96 valence electrons. The van der Waals surface area contributed by atoms with E-state index in [-0.39, 0.29) is 5.88 Å². The molecule has 3 rings (SSSR count). The number of fused-ring (bicyclic) bond motifs is 3. The lowest BCUT2D eigenvalue weighted by molar-refractivity contribution is 0.0603. The molecule has 0 spiro atoms. The highest BCUT2D eigenvalue weighted by Crippen LogP contribution is 2.39. The number of hydrogen-bond donors (Lipinski definition) is 2. The molecule has 4 heteroatoms. The fourth-order valence-electron chi connectivity index (χ4n) is 2.45. The van der Waals surface area contributed by atoms with Crippen LogP contribution < -0.4 is 0 Å². The number of aromatic hydroxyl groups is 1. The number of aromatic nitrogens is 1. The van der Waals surface area contributed by atoms with Crippen molar-refractivity contribution < 1.29 is 14.6 Å². The van der Waals surface area contributed by atoms with Gasteiger partial charge in [0.15, 0.2) is 5.88 Å². The van der Waals surface area contributed by atoms with Crippen molar-refractivity contribution in [1.29, 1.82) is 0 Å². The van der Waals surface area contributed by atoms with Gasteiger partial charge in [0.2, 0.25) is 0 Å². The van der Waals surface area contributed by atoms with Gasteiger partial charge in [-0.25, -0.2) is 4.79 Å². The number of para-hydroxylation sites is 1. The highest BCUT2D eigenvalue weighted by Gasteiger charge is 2.18. The maximum absolute atomic E-state index is 11.8. The standard InChI is InChI=1S/C15H13NO3/c1-8-6-11-9-4-3-5-10(15(18)19-2)13(9)16-14(17)12(11)7-8/h3-7,16-17H,1-2H3. The molecule has 0 aromatic heterocycles. The van der Waals surface area contributed by atoms with Crippen molar-refractivity contribution >= 4 is 16.9 Å². The summed E-state index contributed by atoms with van der Waals surface area (Å²) in [5.74, 6) is -0.365. The smallest absolute Gasteiger partial charge is 0.339 e. The van der Waals surface area contributed by atoms with Gasteiger partial charge in [0, 0.05) is 10.9 Å². The number of carbonyl (C=O) groups excluding carboxylic acids is 1. The van der Waals surface area contributed by atoms with Crippen molar-refractivity contribution in [3.8, 4) is 17.0 Å². The molecule has 2 N–H and O–H groups in total. The van der Waals surface area contributed by atoms with Crippen LogP contribution in [0.15, 0.2) is 30.3 Å². The van der Waals surface area contributed by atoms with E-state index in [2.05, 4.69) is 4.98 Å². The predicted molar refractivity (Wildman–Crippen MR) is 72.7 cm³/mol. The number of H-pyrrole nitrogens is 1. The number of aryl methyl sites for hydroxylation is 1. The van der Waals surface area contributed by atoms with Crippen LogP contribution in [0, 0.1) is 6.92 Å². The van der Waals surface area contributed by atoms with E-state index < -0.39 is 5.97 Å². The summed E-state index contributed by atoms with van der Waals surface area (Å²) >= 11 is 0. The minimum atomic E-state index is -0.427. The molecule has 1 aromatic rings. The van der Waals surface area contributed by atoms with E-state index in [0.717, 1.165) is 22.1 Å². The molecule has 4 nitrogen and oxygen atoms in total. The van der Waals surface area contributed by atoms with Crippen molar-refractivity contribution in [2.75, 3.05) is 7.11 Å². The van der Waals surface area contributed by atoms with Gasteiger partial charge in [-0.05, 0) is 30.2 Å². The van der Waals surface area contributed by atoms with Crippen LogP contribution in [0.1, 0.15) is 15.9 Å². The number of methoxy groups -OCH3 is 1. The van der Waals surface area contributed by atoms with Crippen LogP contribution in [0.2, 0.25) is 0 Å². The lowest BCUT2D eigenvalue weighted by atomic mass is 10.0. The SMILES string of the molecule is COC(=O)c1cccc2c3cc(C)cc-3c(O)[nH]c12. The number of rotatable bonds is 1. The topological polar surface area (TPSA) is 62.3 Å². The van der Waals surface area contributed by atoms with Crippen molar-refractivity contribution in [3.05, 3.63) is 41.5 Å². The Bertz CT molecular complexity index is 758. The molecule has 0 saturated heterocycles. The molecular formula is C15H13NO3. The highest BCUT2D eigenvalue weighted by molar-refractivity contribution is 6.08. The Kier molecular flexibility index (Phi) is 2.45. The predicted octanol–water partition coefficient (Wildman–Crippen LogP) is 3.07. The largest absolute Gasteiger partial charge is 0.494 e. The van der Waals surface area contributed by atoms with Gasteiger partial charge in [-0.3, -0.25) is 0 Å². The third-order valence-corrected chi connectivity index (χ3v) is 3.29. The Morgan fingerprint density at radius 2 is 2.00 bits per heavy atom. The van der Waals surface area contributed by atoms with Crippen LogP contribution in [0.25, 0.3) is 22.0 Å². The van der Waals surface area contributed by atoms with E-state index in [1.165, 1.54) is 7.11 Å². The second-order valence-corrected chi connectivity index (χ2v) is 4.55. The lowest BCUT2D eigenvalue weighted by Gasteiger charge is -2.11. The molecule has 0 bridgehead atoms. The van der Waals surface area contributed by atoms with E-state index in [9.17, 15) is 9.90 Å². The second kappa shape index (κ2) is 4.02. The number of carbonyl (C=O) groups is 1. The molecule has 1 aromatic carbocycles. The molecule has 1 aliphatic carbocycles. The Morgan fingerprint density at radius 3 is 2.74 bits per heavy atom. The molecule has 0 unspecified atom stereocenters. The average molecular weight is 255 g/mol. The van der Waals surface area contributed by atoms with Gasteiger partial charge < -0.3 is 14.8 Å². The second-order valence-electron chi connectivity index (χ2n) is 4.55. The van der Waals surface area contributed by atoms with Crippen LogP contribution in [-0.2, 0) is 4.74 Å².